The van der Waals surface area contributed by atoms with Crippen molar-refractivity contribution in [1.82, 2.24) is 10.2 Å². The zero-order valence-corrected chi connectivity index (χ0v) is 10.3. The SMILES string of the molecule is CN(CCSC(F)(F)F)CC1CCNCC1. The Morgan fingerprint density at radius 2 is 1.94 bits per heavy atom. The van der Waals surface area contributed by atoms with Crippen LogP contribution in [0.1, 0.15) is 12.8 Å². The second-order valence-corrected chi connectivity index (χ2v) is 5.41. The molecule has 0 atom stereocenters. The van der Waals surface area contributed by atoms with Crippen molar-refractivity contribution in [3.8, 4) is 0 Å². The molecule has 1 aliphatic rings. The Morgan fingerprint density at radius 3 is 2.50 bits per heavy atom. The number of piperidine rings is 1. The van der Waals surface area contributed by atoms with Gasteiger partial charge in [-0.3, -0.25) is 0 Å². The highest BCUT2D eigenvalue weighted by atomic mass is 32.2. The number of hydrogen-bond donors (Lipinski definition) is 1. The van der Waals surface area contributed by atoms with E-state index in [-0.39, 0.29) is 17.5 Å². The minimum absolute atomic E-state index is 0.0699. The van der Waals surface area contributed by atoms with Gasteiger partial charge in [-0.1, -0.05) is 0 Å². The standard InChI is InChI=1S/C10H19F3N2S/c1-15(6-7-16-10(11,12)13)8-9-2-4-14-5-3-9/h9,14H,2-8H2,1H3. The molecule has 0 saturated carbocycles. The molecule has 96 valence electrons. The summed E-state index contributed by atoms with van der Waals surface area (Å²) in [7, 11) is 1.90. The normalized spacial score (nSPS) is 19.3. The van der Waals surface area contributed by atoms with E-state index in [9.17, 15) is 13.2 Å². The van der Waals surface area contributed by atoms with Crippen LogP contribution in [0, 0.1) is 5.92 Å². The molecule has 1 rings (SSSR count). The molecule has 0 amide bonds. The first-order chi connectivity index (χ1) is 7.47. The fraction of sp³-hybridized carbons (Fsp3) is 1.00. The van der Waals surface area contributed by atoms with Crippen molar-refractivity contribution in [3.63, 3.8) is 0 Å². The van der Waals surface area contributed by atoms with Crippen LogP contribution in [0.2, 0.25) is 0 Å². The molecule has 0 bridgehead atoms. The highest BCUT2D eigenvalue weighted by Crippen LogP contribution is 2.29. The molecule has 0 aromatic carbocycles. The van der Waals surface area contributed by atoms with Crippen LogP contribution in [0.15, 0.2) is 0 Å². The second kappa shape index (κ2) is 6.71. The predicted octanol–water partition coefficient (Wildman–Crippen LogP) is 2.17. The summed E-state index contributed by atoms with van der Waals surface area (Å²) in [5, 5.41) is 3.28. The number of hydrogen-bond acceptors (Lipinski definition) is 3. The lowest BCUT2D eigenvalue weighted by atomic mass is 9.98. The summed E-state index contributed by atoms with van der Waals surface area (Å²) >= 11 is 0.0699. The minimum atomic E-state index is -4.09. The van der Waals surface area contributed by atoms with E-state index in [0.717, 1.165) is 32.5 Å². The fourth-order valence-electron chi connectivity index (χ4n) is 1.91. The van der Waals surface area contributed by atoms with E-state index in [0.29, 0.717) is 12.5 Å². The van der Waals surface area contributed by atoms with Gasteiger partial charge in [0.05, 0.1) is 0 Å². The number of rotatable bonds is 5. The van der Waals surface area contributed by atoms with Gasteiger partial charge in [0.2, 0.25) is 0 Å². The molecule has 1 fully saturated rings. The van der Waals surface area contributed by atoms with Gasteiger partial charge in [-0.25, -0.2) is 0 Å². The molecular formula is C10H19F3N2S. The van der Waals surface area contributed by atoms with E-state index in [2.05, 4.69) is 5.32 Å². The van der Waals surface area contributed by atoms with Gasteiger partial charge in [-0.05, 0) is 50.7 Å². The first-order valence-electron chi connectivity index (χ1n) is 5.57. The molecule has 1 aliphatic heterocycles. The maximum absolute atomic E-state index is 11.9. The largest absolute Gasteiger partial charge is 0.441 e. The minimum Gasteiger partial charge on any atom is -0.317 e. The van der Waals surface area contributed by atoms with Crippen LogP contribution >= 0.6 is 11.8 Å². The molecule has 1 N–H and O–H groups in total. The first kappa shape index (κ1) is 14.1. The highest BCUT2D eigenvalue weighted by molar-refractivity contribution is 8.00. The second-order valence-electron chi connectivity index (χ2n) is 4.25. The van der Waals surface area contributed by atoms with Gasteiger partial charge < -0.3 is 10.2 Å². The van der Waals surface area contributed by atoms with E-state index in [4.69, 9.17) is 0 Å². The third-order valence-electron chi connectivity index (χ3n) is 2.77. The van der Waals surface area contributed by atoms with Crippen LogP contribution in [0.25, 0.3) is 0 Å². The first-order valence-corrected chi connectivity index (χ1v) is 6.56. The number of halogens is 3. The van der Waals surface area contributed by atoms with Gasteiger partial charge >= 0.3 is 5.51 Å². The zero-order valence-electron chi connectivity index (χ0n) is 9.52. The number of nitrogens with one attached hydrogen (secondary N) is 1. The Labute approximate surface area is 98.9 Å². The summed E-state index contributed by atoms with van der Waals surface area (Å²) in [5.74, 6) is 0.771. The summed E-state index contributed by atoms with van der Waals surface area (Å²) in [5.41, 5.74) is -4.09. The van der Waals surface area contributed by atoms with E-state index < -0.39 is 5.51 Å². The van der Waals surface area contributed by atoms with Gasteiger partial charge in [0, 0.05) is 18.8 Å². The lowest BCUT2D eigenvalue weighted by Crippen LogP contribution is -2.35. The van der Waals surface area contributed by atoms with Crippen LogP contribution in [0.3, 0.4) is 0 Å². The average Bonchev–Trinajstić information content (AvgIpc) is 2.17. The maximum Gasteiger partial charge on any atom is 0.441 e. The van der Waals surface area contributed by atoms with Crippen molar-refractivity contribution in [2.45, 2.75) is 18.3 Å². The Balaban J connectivity index is 2.08. The van der Waals surface area contributed by atoms with Gasteiger partial charge in [-0.15, -0.1) is 0 Å². The molecule has 2 nitrogen and oxygen atoms in total. The van der Waals surface area contributed by atoms with Gasteiger partial charge in [0.25, 0.3) is 0 Å². The molecule has 0 aromatic heterocycles. The van der Waals surface area contributed by atoms with Gasteiger partial charge in [-0.2, -0.15) is 13.2 Å². The summed E-state index contributed by atoms with van der Waals surface area (Å²) in [4.78, 5) is 2.01. The van der Waals surface area contributed by atoms with E-state index >= 15 is 0 Å². The van der Waals surface area contributed by atoms with Crippen molar-refractivity contribution >= 4 is 11.8 Å². The lowest BCUT2D eigenvalue weighted by Gasteiger charge is -2.27. The fourth-order valence-corrected chi connectivity index (χ4v) is 2.55. The molecule has 0 radical (unpaired) electrons. The third kappa shape index (κ3) is 6.60. The Kier molecular flexibility index (Phi) is 5.92. The third-order valence-corrected chi connectivity index (χ3v) is 3.48. The smallest absolute Gasteiger partial charge is 0.317 e. The van der Waals surface area contributed by atoms with Crippen molar-refractivity contribution in [3.05, 3.63) is 0 Å². The lowest BCUT2D eigenvalue weighted by molar-refractivity contribution is -0.0328. The zero-order chi connectivity index (χ0) is 12.0. The molecule has 1 saturated heterocycles. The quantitative estimate of drug-likeness (QED) is 0.811. The molecule has 0 unspecified atom stereocenters. The van der Waals surface area contributed by atoms with Crippen LogP contribution in [0.4, 0.5) is 13.2 Å². The molecule has 0 spiro atoms. The van der Waals surface area contributed by atoms with E-state index in [1.165, 1.54) is 0 Å². The summed E-state index contributed by atoms with van der Waals surface area (Å²) in [6.07, 6.45) is 2.27. The van der Waals surface area contributed by atoms with Gasteiger partial charge in [0.15, 0.2) is 0 Å². The molecule has 1 heterocycles. The van der Waals surface area contributed by atoms with Crippen LogP contribution in [0.5, 0.6) is 0 Å². The predicted molar refractivity (Wildman–Crippen MR) is 61.6 cm³/mol. The number of alkyl halides is 3. The van der Waals surface area contributed by atoms with Crippen molar-refractivity contribution in [2.24, 2.45) is 5.92 Å². The average molecular weight is 256 g/mol. The molecule has 16 heavy (non-hydrogen) atoms. The van der Waals surface area contributed by atoms with Crippen LogP contribution in [-0.2, 0) is 0 Å². The van der Waals surface area contributed by atoms with Crippen molar-refractivity contribution < 1.29 is 13.2 Å². The van der Waals surface area contributed by atoms with Crippen molar-refractivity contribution in [2.75, 3.05) is 39.0 Å². The van der Waals surface area contributed by atoms with Crippen LogP contribution < -0.4 is 5.32 Å². The summed E-state index contributed by atoms with van der Waals surface area (Å²) in [6, 6.07) is 0. The Hall–Kier alpha value is 0.0600. The number of thioether (sulfide) groups is 1. The summed E-state index contributed by atoms with van der Waals surface area (Å²) < 4.78 is 35.7. The van der Waals surface area contributed by atoms with E-state index in [1.54, 1.807) is 0 Å². The molecule has 0 aliphatic carbocycles. The van der Waals surface area contributed by atoms with Crippen molar-refractivity contribution in [1.29, 1.82) is 0 Å². The van der Waals surface area contributed by atoms with Crippen LogP contribution in [-0.4, -0.2) is 49.4 Å². The number of nitrogens with zero attached hydrogens (tertiary/aromatic N) is 1. The van der Waals surface area contributed by atoms with Gasteiger partial charge in [0.1, 0.15) is 0 Å². The maximum atomic E-state index is 11.9. The Morgan fingerprint density at radius 1 is 1.31 bits per heavy atom. The molecule has 0 aromatic rings. The topological polar surface area (TPSA) is 15.3 Å². The molecule has 6 heteroatoms. The molecular weight excluding hydrogens is 237 g/mol. The Bertz CT molecular complexity index is 193. The van der Waals surface area contributed by atoms with E-state index in [1.807, 2.05) is 11.9 Å². The highest BCUT2D eigenvalue weighted by Gasteiger charge is 2.27. The monoisotopic (exact) mass is 256 g/mol. The summed E-state index contributed by atoms with van der Waals surface area (Å²) in [6.45, 7) is 3.50.